The smallest absolute Gasteiger partial charge is 0.244 e. The van der Waals surface area contributed by atoms with Crippen LogP contribution in [0.2, 0.25) is 0 Å². The summed E-state index contributed by atoms with van der Waals surface area (Å²) in [6.45, 7) is 4.90. The zero-order valence-electron chi connectivity index (χ0n) is 17.9. The van der Waals surface area contributed by atoms with Crippen LogP contribution in [0.5, 0.6) is 0 Å². The lowest BCUT2D eigenvalue weighted by Crippen LogP contribution is -2.29. The number of fused-ring (bicyclic) bond motifs is 1. The summed E-state index contributed by atoms with van der Waals surface area (Å²) >= 11 is 0. The van der Waals surface area contributed by atoms with Crippen molar-refractivity contribution in [2.24, 2.45) is 5.92 Å². The predicted molar refractivity (Wildman–Crippen MR) is 125 cm³/mol. The van der Waals surface area contributed by atoms with Gasteiger partial charge in [0.25, 0.3) is 0 Å². The number of benzene rings is 2. The Hall–Kier alpha value is -2.94. The molecule has 154 valence electrons. The molecule has 2 aromatic carbocycles. The lowest BCUT2D eigenvalue weighted by molar-refractivity contribution is -0.116. The number of hydrogen-bond donors (Lipinski definition) is 1. The minimum atomic E-state index is -0.00756. The van der Waals surface area contributed by atoms with E-state index in [0.29, 0.717) is 5.92 Å². The Labute approximate surface area is 179 Å². The van der Waals surface area contributed by atoms with Crippen molar-refractivity contribution in [3.05, 3.63) is 71.9 Å². The first-order valence-electron chi connectivity index (χ1n) is 11.0. The summed E-state index contributed by atoms with van der Waals surface area (Å²) in [7, 11) is 0. The van der Waals surface area contributed by atoms with Gasteiger partial charge < -0.3 is 5.32 Å². The first-order chi connectivity index (χ1) is 14.6. The summed E-state index contributed by atoms with van der Waals surface area (Å²) in [5.74, 6) is 0.630. The van der Waals surface area contributed by atoms with Gasteiger partial charge in [-0.25, -0.2) is 0 Å². The monoisotopic (exact) mass is 398 g/mol. The van der Waals surface area contributed by atoms with Crippen LogP contribution in [0, 0.1) is 12.8 Å². The summed E-state index contributed by atoms with van der Waals surface area (Å²) in [6, 6.07) is 16.9. The molecule has 1 saturated carbocycles. The molecule has 3 heteroatoms. The van der Waals surface area contributed by atoms with Gasteiger partial charge in [0.05, 0.1) is 5.52 Å². The van der Waals surface area contributed by atoms with Crippen molar-refractivity contribution in [2.45, 2.75) is 46.0 Å². The Morgan fingerprint density at radius 1 is 1.10 bits per heavy atom. The van der Waals surface area contributed by atoms with Crippen molar-refractivity contribution < 1.29 is 4.79 Å². The van der Waals surface area contributed by atoms with E-state index < -0.39 is 0 Å². The molecule has 1 amide bonds. The molecule has 1 N–H and O–H groups in total. The molecule has 0 spiro atoms. The van der Waals surface area contributed by atoms with Gasteiger partial charge in [-0.2, -0.15) is 0 Å². The van der Waals surface area contributed by atoms with Gasteiger partial charge in [-0.05, 0) is 78.6 Å². The molecular weight excluding hydrogens is 368 g/mol. The highest BCUT2D eigenvalue weighted by Crippen LogP contribution is 2.28. The van der Waals surface area contributed by atoms with Gasteiger partial charge in [0.2, 0.25) is 5.91 Å². The second-order valence-electron chi connectivity index (χ2n) is 8.52. The molecule has 1 aliphatic carbocycles. The first-order valence-corrected chi connectivity index (χ1v) is 11.0. The fourth-order valence-electron chi connectivity index (χ4n) is 4.38. The molecule has 0 saturated heterocycles. The topological polar surface area (TPSA) is 42.0 Å². The third kappa shape index (κ3) is 4.79. The van der Waals surface area contributed by atoms with Crippen molar-refractivity contribution >= 4 is 22.4 Å². The molecule has 1 heterocycles. The van der Waals surface area contributed by atoms with Gasteiger partial charge in [-0.15, -0.1) is 0 Å². The molecule has 1 aromatic heterocycles. The standard InChI is InChI=1S/C27H30N2O/c1-19-8-6-7-11-25(19)22-12-13-26-23(15-22)16-24(18-28-26)20(2)14-27(30)29-17-21-9-4-3-5-10-21/h6-8,11-16,18,21H,3-5,9-10,17H2,1-2H3,(H,29,30)/b20-14-. The average molecular weight is 399 g/mol. The van der Waals surface area contributed by atoms with Crippen LogP contribution in [0.15, 0.2) is 60.8 Å². The molecule has 1 fully saturated rings. The molecule has 0 radical (unpaired) electrons. The minimum absolute atomic E-state index is 0.00756. The van der Waals surface area contributed by atoms with E-state index in [1.165, 1.54) is 48.8 Å². The molecule has 0 aliphatic heterocycles. The molecule has 1 aliphatic rings. The molecular formula is C27H30N2O. The normalized spacial score (nSPS) is 15.3. The molecule has 3 nitrogen and oxygen atoms in total. The van der Waals surface area contributed by atoms with E-state index in [-0.39, 0.29) is 5.91 Å². The zero-order valence-corrected chi connectivity index (χ0v) is 17.9. The average Bonchev–Trinajstić information content (AvgIpc) is 2.78. The largest absolute Gasteiger partial charge is 0.352 e. The van der Waals surface area contributed by atoms with Crippen LogP contribution in [0.1, 0.15) is 50.2 Å². The molecule has 0 atom stereocenters. The van der Waals surface area contributed by atoms with E-state index in [2.05, 4.69) is 65.8 Å². The van der Waals surface area contributed by atoms with Crippen LogP contribution < -0.4 is 5.32 Å². The summed E-state index contributed by atoms with van der Waals surface area (Å²) in [5.41, 5.74) is 6.56. The highest BCUT2D eigenvalue weighted by Gasteiger charge is 2.14. The number of nitrogens with zero attached hydrogens (tertiary/aromatic N) is 1. The van der Waals surface area contributed by atoms with E-state index in [9.17, 15) is 4.79 Å². The number of amides is 1. The zero-order chi connectivity index (χ0) is 20.9. The van der Waals surface area contributed by atoms with E-state index in [1.807, 2.05) is 13.1 Å². The van der Waals surface area contributed by atoms with Gasteiger partial charge in [-0.3, -0.25) is 9.78 Å². The summed E-state index contributed by atoms with van der Waals surface area (Å²) in [4.78, 5) is 17.0. The molecule has 30 heavy (non-hydrogen) atoms. The Bertz CT molecular complexity index is 1080. The number of hydrogen-bond acceptors (Lipinski definition) is 2. The van der Waals surface area contributed by atoms with Crippen LogP contribution >= 0.6 is 0 Å². The van der Waals surface area contributed by atoms with Gasteiger partial charge >= 0.3 is 0 Å². The number of aryl methyl sites for hydroxylation is 1. The van der Waals surface area contributed by atoms with E-state index in [4.69, 9.17) is 0 Å². The van der Waals surface area contributed by atoms with E-state index in [1.54, 1.807) is 6.08 Å². The van der Waals surface area contributed by atoms with Crippen LogP contribution in [-0.4, -0.2) is 17.4 Å². The third-order valence-corrected chi connectivity index (χ3v) is 6.23. The number of allylic oxidation sites excluding steroid dienone is 1. The van der Waals surface area contributed by atoms with Crippen LogP contribution in [0.25, 0.3) is 27.6 Å². The second kappa shape index (κ2) is 9.25. The van der Waals surface area contributed by atoms with Gasteiger partial charge in [-0.1, -0.05) is 49.6 Å². The van der Waals surface area contributed by atoms with E-state index in [0.717, 1.165) is 28.6 Å². The number of aromatic nitrogens is 1. The number of carbonyl (C=O) groups excluding carboxylic acids is 1. The summed E-state index contributed by atoms with van der Waals surface area (Å²) < 4.78 is 0. The second-order valence-corrected chi connectivity index (χ2v) is 8.52. The fraction of sp³-hybridized carbons (Fsp3) is 0.333. The molecule has 0 unspecified atom stereocenters. The molecule has 4 rings (SSSR count). The minimum Gasteiger partial charge on any atom is -0.352 e. The van der Waals surface area contributed by atoms with Gasteiger partial charge in [0.1, 0.15) is 0 Å². The Morgan fingerprint density at radius 3 is 2.70 bits per heavy atom. The Morgan fingerprint density at radius 2 is 1.90 bits per heavy atom. The van der Waals surface area contributed by atoms with Crippen molar-refractivity contribution in [1.82, 2.24) is 10.3 Å². The van der Waals surface area contributed by atoms with Gasteiger partial charge in [0.15, 0.2) is 0 Å². The molecule has 3 aromatic rings. The maximum absolute atomic E-state index is 12.4. The van der Waals surface area contributed by atoms with E-state index >= 15 is 0 Å². The Kier molecular flexibility index (Phi) is 6.27. The molecule has 0 bridgehead atoms. The highest BCUT2D eigenvalue weighted by molar-refractivity contribution is 5.96. The van der Waals surface area contributed by atoms with Crippen LogP contribution in [0.4, 0.5) is 0 Å². The van der Waals surface area contributed by atoms with Crippen molar-refractivity contribution in [1.29, 1.82) is 0 Å². The maximum Gasteiger partial charge on any atom is 0.244 e. The summed E-state index contributed by atoms with van der Waals surface area (Å²) in [5, 5.41) is 4.18. The van der Waals surface area contributed by atoms with Crippen molar-refractivity contribution in [2.75, 3.05) is 6.54 Å². The number of pyridine rings is 1. The van der Waals surface area contributed by atoms with Crippen LogP contribution in [0.3, 0.4) is 0 Å². The maximum atomic E-state index is 12.4. The fourth-order valence-corrected chi connectivity index (χ4v) is 4.38. The third-order valence-electron chi connectivity index (χ3n) is 6.23. The summed E-state index contributed by atoms with van der Waals surface area (Å²) in [6.07, 6.45) is 9.96. The first kappa shape index (κ1) is 20.3. The lowest BCUT2D eigenvalue weighted by Gasteiger charge is -2.21. The number of carbonyl (C=O) groups is 1. The van der Waals surface area contributed by atoms with Crippen LogP contribution in [-0.2, 0) is 4.79 Å². The predicted octanol–water partition coefficient (Wildman–Crippen LogP) is 6.31. The SMILES string of the molecule is C/C(=C/C(=O)NCC1CCCCC1)c1cnc2ccc(-c3ccccc3C)cc2c1. The number of rotatable bonds is 5. The number of nitrogens with one attached hydrogen (secondary N) is 1. The Balaban J connectivity index is 1.52. The van der Waals surface area contributed by atoms with Crippen molar-refractivity contribution in [3.8, 4) is 11.1 Å². The lowest BCUT2D eigenvalue weighted by atomic mass is 9.89. The van der Waals surface area contributed by atoms with Crippen molar-refractivity contribution in [3.63, 3.8) is 0 Å². The van der Waals surface area contributed by atoms with Gasteiger partial charge in [0, 0.05) is 24.2 Å². The quantitative estimate of drug-likeness (QED) is 0.512. The highest BCUT2D eigenvalue weighted by atomic mass is 16.1.